The van der Waals surface area contributed by atoms with Crippen molar-refractivity contribution in [3.8, 4) is 11.8 Å². The molecule has 0 N–H and O–H groups in total. The summed E-state index contributed by atoms with van der Waals surface area (Å²) in [7, 11) is 0. The number of rotatable bonds is 5. The Kier molecular flexibility index (Phi) is 4.22. The molecule has 0 aromatic heterocycles. The Morgan fingerprint density at radius 2 is 1.85 bits per heavy atom. The van der Waals surface area contributed by atoms with Crippen LogP contribution in [-0.2, 0) is 6.42 Å². The van der Waals surface area contributed by atoms with Gasteiger partial charge in [-0.25, -0.2) is 0 Å². The molecule has 0 radical (unpaired) electrons. The van der Waals surface area contributed by atoms with Crippen molar-refractivity contribution >= 4 is 0 Å². The van der Waals surface area contributed by atoms with Crippen molar-refractivity contribution in [2.75, 3.05) is 26.2 Å². The maximum absolute atomic E-state index is 8.63. The number of hydrogen-bond donors (Lipinski definition) is 0. The molecule has 1 saturated carbocycles. The van der Waals surface area contributed by atoms with Gasteiger partial charge in [0.15, 0.2) is 0 Å². The highest BCUT2D eigenvalue weighted by molar-refractivity contribution is 5.28. The van der Waals surface area contributed by atoms with Gasteiger partial charge in [0.2, 0.25) is 0 Å². The highest BCUT2D eigenvalue weighted by atomic mass is 16.5. The molecule has 0 spiro atoms. The summed E-state index contributed by atoms with van der Waals surface area (Å²) in [6.45, 7) is 4.34. The third-order valence-corrected chi connectivity index (χ3v) is 4.68. The number of fused-ring (bicyclic) bond motifs is 1. The average Bonchev–Trinajstić information content (AvgIpc) is 3.02. The zero-order valence-corrected chi connectivity index (χ0v) is 11.9. The molecule has 1 heterocycles. The molecule has 1 aromatic rings. The van der Waals surface area contributed by atoms with Gasteiger partial charge in [0.25, 0.3) is 0 Å². The number of nitrogens with zero attached hydrogens (tertiary/aromatic N) is 2. The molecule has 3 heteroatoms. The van der Waals surface area contributed by atoms with Crippen LogP contribution in [-0.4, -0.2) is 31.1 Å². The Balaban J connectivity index is 1.40. The topological polar surface area (TPSA) is 36.3 Å². The van der Waals surface area contributed by atoms with E-state index in [2.05, 4.69) is 11.0 Å². The van der Waals surface area contributed by atoms with Crippen LogP contribution in [0.25, 0.3) is 0 Å². The standard InChI is InChI=1S/C17H22N2O/c18-9-8-14-4-6-17(7-5-14)20-11-10-19-12-15-2-1-3-16(15)13-19/h4-7,15-16H,1-3,8,10-13H2. The number of nitriles is 1. The van der Waals surface area contributed by atoms with Crippen molar-refractivity contribution in [2.24, 2.45) is 11.8 Å². The molecule has 2 atom stereocenters. The van der Waals surface area contributed by atoms with E-state index >= 15 is 0 Å². The van der Waals surface area contributed by atoms with Crippen LogP contribution in [0.15, 0.2) is 24.3 Å². The van der Waals surface area contributed by atoms with Crippen molar-refractivity contribution in [2.45, 2.75) is 25.7 Å². The highest BCUT2D eigenvalue weighted by Gasteiger charge is 2.35. The van der Waals surface area contributed by atoms with E-state index in [9.17, 15) is 0 Å². The van der Waals surface area contributed by atoms with Gasteiger partial charge < -0.3 is 4.74 Å². The molecular weight excluding hydrogens is 248 g/mol. The zero-order chi connectivity index (χ0) is 13.8. The van der Waals surface area contributed by atoms with Crippen LogP contribution >= 0.6 is 0 Å². The Morgan fingerprint density at radius 3 is 2.50 bits per heavy atom. The molecule has 0 bridgehead atoms. The minimum atomic E-state index is 0.469. The molecule has 2 aliphatic rings. The van der Waals surface area contributed by atoms with E-state index in [1.165, 1.54) is 32.4 Å². The van der Waals surface area contributed by atoms with E-state index in [-0.39, 0.29) is 0 Å². The Bertz CT molecular complexity index is 465. The fourth-order valence-corrected chi connectivity index (χ4v) is 3.60. The van der Waals surface area contributed by atoms with Crippen molar-refractivity contribution in [3.05, 3.63) is 29.8 Å². The van der Waals surface area contributed by atoms with Gasteiger partial charge in [0, 0.05) is 19.6 Å². The molecule has 2 unspecified atom stereocenters. The van der Waals surface area contributed by atoms with E-state index in [4.69, 9.17) is 10.00 Å². The Morgan fingerprint density at radius 1 is 1.15 bits per heavy atom. The quantitative estimate of drug-likeness (QED) is 0.825. The second kappa shape index (κ2) is 6.28. The second-order valence-electron chi connectivity index (χ2n) is 6.04. The van der Waals surface area contributed by atoms with Crippen LogP contribution in [0, 0.1) is 23.2 Å². The lowest BCUT2D eigenvalue weighted by Gasteiger charge is -2.17. The smallest absolute Gasteiger partial charge is 0.119 e. The number of benzene rings is 1. The summed E-state index contributed by atoms with van der Waals surface area (Å²) in [4.78, 5) is 2.55. The first-order chi connectivity index (χ1) is 9.85. The van der Waals surface area contributed by atoms with Gasteiger partial charge in [-0.15, -0.1) is 0 Å². The van der Waals surface area contributed by atoms with Crippen molar-refractivity contribution in [1.29, 1.82) is 5.26 Å². The number of ether oxygens (including phenoxy) is 1. The van der Waals surface area contributed by atoms with Crippen molar-refractivity contribution in [3.63, 3.8) is 0 Å². The second-order valence-corrected chi connectivity index (χ2v) is 6.04. The summed E-state index contributed by atoms with van der Waals surface area (Å²) in [6.07, 6.45) is 4.77. The van der Waals surface area contributed by atoms with Crippen LogP contribution in [0.5, 0.6) is 5.75 Å². The summed E-state index contributed by atoms with van der Waals surface area (Å²) in [6, 6.07) is 10.0. The van der Waals surface area contributed by atoms with E-state index in [0.717, 1.165) is 36.3 Å². The minimum Gasteiger partial charge on any atom is -0.492 e. The van der Waals surface area contributed by atoms with Gasteiger partial charge in [-0.05, 0) is 42.4 Å². The number of likely N-dealkylation sites (tertiary alicyclic amines) is 1. The van der Waals surface area contributed by atoms with Gasteiger partial charge in [0.1, 0.15) is 12.4 Å². The van der Waals surface area contributed by atoms with E-state index in [0.29, 0.717) is 6.42 Å². The summed E-state index contributed by atoms with van der Waals surface area (Å²) in [5.41, 5.74) is 1.05. The molecule has 106 valence electrons. The predicted molar refractivity (Wildman–Crippen MR) is 78.5 cm³/mol. The first-order valence-electron chi connectivity index (χ1n) is 7.66. The summed E-state index contributed by atoms with van der Waals surface area (Å²) < 4.78 is 5.80. The molecule has 20 heavy (non-hydrogen) atoms. The molecule has 2 fully saturated rings. The van der Waals surface area contributed by atoms with Gasteiger partial charge in [-0.3, -0.25) is 4.90 Å². The minimum absolute atomic E-state index is 0.469. The molecule has 1 aliphatic carbocycles. The lowest BCUT2D eigenvalue weighted by atomic mass is 10.0. The van der Waals surface area contributed by atoms with Gasteiger partial charge in [-0.1, -0.05) is 18.6 Å². The van der Waals surface area contributed by atoms with Crippen molar-refractivity contribution in [1.82, 2.24) is 4.90 Å². The SMILES string of the molecule is N#CCc1ccc(OCCN2CC3CCCC3C2)cc1. The molecule has 0 amide bonds. The normalized spacial score (nSPS) is 25.4. The fraction of sp³-hybridized carbons (Fsp3) is 0.588. The maximum atomic E-state index is 8.63. The molecule has 3 nitrogen and oxygen atoms in total. The van der Waals surface area contributed by atoms with Crippen LogP contribution in [0.2, 0.25) is 0 Å². The summed E-state index contributed by atoms with van der Waals surface area (Å²) in [5, 5.41) is 8.63. The Labute approximate surface area is 121 Å². The molecule has 1 saturated heterocycles. The third kappa shape index (κ3) is 3.13. The molecule has 1 aliphatic heterocycles. The first-order valence-corrected chi connectivity index (χ1v) is 7.66. The number of hydrogen-bond acceptors (Lipinski definition) is 3. The van der Waals surface area contributed by atoms with Crippen LogP contribution in [0.3, 0.4) is 0 Å². The van der Waals surface area contributed by atoms with Crippen LogP contribution in [0.1, 0.15) is 24.8 Å². The average molecular weight is 270 g/mol. The Hall–Kier alpha value is -1.53. The van der Waals surface area contributed by atoms with E-state index in [1.807, 2.05) is 24.3 Å². The largest absolute Gasteiger partial charge is 0.492 e. The van der Waals surface area contributed by atoms with Gasteiger partial charge >= 0.3 is 0 Å². The molecule has 3 rings (SSSR count). The summed E-state index contributed by atoms with van der Waals surface area (Å²) >= 11 is 0. The van der Waals surface area contributed by atoms with Crippen LogP contribution in [0.4, 0.5) is 0 Å². The fourth-order valence-electron chi connectivity index (χ4n) is 3.60. The first kappa shape index (κ1) is 13.5. The summed E-state index contributed by atoms with van der Waals surface area (Å²) in [5.74, 6) is 2.83. The van der Waals surface area contributed by atoms with Gasteiger partial charge in [0.05, 0.1) is 12.5 Å². The van der Waals surface area contributed by atoms with Gasteiger partial charge in [-0.2, -0.15) is 5.26 Å². The monoisotopic (exact) mass is 270 g/mol. The maximum Gasteiger partial charge on any atom is 0.119 e. The molecular formula is C17H22N2O. The van der Waals surface area contributed by atoms with E-state index in [1.54, 1.807) is 0 Å². The van der Waals surface area contributed by atoms with E-state index < -0.39 is 0 Å². The lowest BCUT2D eigenvalue weighted by molar-refractivity contribution is 0.227. The zero-order valence-electron chi connectivity index (χ0n) is 11.9. The lowest BCUT2D eigenvalue weighted by Crippen LogP contribution is -2.27. The predicted octanol–water partition coefficient (Wildman–Crippen LogP) is 2.86. The highest BCUT2D eigenvalue weighted by Crippen LogP contribution is 2.37. The van der Waals surface area contributed by atoms with Crippen molar-refractivity contribution < 1.29 is 4.74 Å². The van der Waals surface area contributed by atoms with Crippen LogP contribution < -0.4 is 4.74 Å². The third-order valence-electron chi connectivity index (χ3n) is 4.68. The molecule has 1 aromatic carbocycles.